The van der Waals surface area contributed by atoms with Crippen LogP contribution in [0.1, 0.15) is 17.3 Å². The Morgan fingerprint density at radius 2 is 2.12 bits per heavy atom. The maximum Gasteiger partial charge on any atom is 0.338 e. The van der Waals surface area contributed by atoms with Gasteiger partial charge in [-0.3, -0.25) is 0 Å². The van der Waals surface area contributed by atoms with Crippen molar-refractivity contribution in [1.82, 2.24) is 0 Å². The summed E-state index contributed by atoms with van der Waals surface area (Å²) in [6.45, 7) is 1.55. The third-order valence-electron chi connectivity index (χ3n) is 2.13. The highest BCUT2D eigenvalue weighted by atomic mass is 19.1. The van der Waals surface area contributed by atoms with Gasteiger partial charge in [0.2, 0.25) is 0 Å². The molecule has 0 aliphatic carbocycles. The molecule has 0 saturated carbocycles. The summed E-state index contributed by atoms with van der Waals surface area (Å²) in [5, 5.41) is 11.4. The SMILES string of the molecule is COC(=O)C(C)Nc1ccc(F)c(C(=O)O)c1. The molecule has 1 rings (SSSR count). The Bertz CT molecular complexity index is 447. The number of ether oxygens (including phenoxy) is 1. The zero-order valence-electron chi connectivity index (χ0n) is 9.36. The monoisotopic (exact) mass is 241 g/mol. The Labute approximate surface area is 97.2 Å². The second-order valence-electron chi connectivity index (χ2n) is 3.39. The summed E-state index contributed by atoms with van der Waals surface area (Å²) >= 11 is 0. The van der Waals surface area contributed by atoms with E-state index < -0.39 is 29.4 Å². The van der Waals surface area contributed by atoms with Crippen LogP contribution in [0.4, 0.5) is 10.1 Å². The number of carboxylic acid groups (broad SMARTS) is 1. The molecule has 0 aliphatic heterocycles. The van der Waals surface area contributed by atoms with E-state index in [9.17, 15) is 14.0 Å². The first-order valence-corrected chi connectivity index (χ1v) is 4.83. The van der Waals surface area contributed by atoms with Crippen LogP contribution < -0.4 is 5.32 Å². The van der Waals surface area contributed by atoms with Crippen molar-refractivity contribution in [1.29, 1.82) is 0 Å². The zero-order chi connectivity index (χ0) is 13.0. The quantitative estimate of drug-likeness (QED) is 0.781. The number of nitrogens with one attached hydrogen (secondary N) is 1. The molecule has 5 nitrogen and oxygen atoms in total. The van der Waals surface area contributed by atoms with Gasteiger partial charge in [0.25, 0.3) is 0 Å². The zero-order valence-corrected chi connectivity index (χ0v) is 9.36. The van der Waals surface area contributed by atoms with Gasteiger partial charge < -0.3 is 15.2 Å². The van der Waals surface area contributed by atoms with Crippen molar-refractivity contribution in [3.05, 3.63) is 29.6 Å². The molecule has 2 N–H and O–H groups in total. The Balaban J connectivity index is 2.90. The third-order valence-corrected chi connectivity index (χ3v) is 2.13. The highest BCUT2D eigenvalue weighted by molar-refractivity contribution is 5.89. The molecule has 0 amide bonds. The van der Waals surface area contributed by atoms with Gasteiger partial charge in [0.15, 0.2) is 0 Å². The molecule has 17 heavy (non-hydrogen) atoms. The van der Waals surface area contributed by atoms with Crippen LogP contribution in [0, 0.1) is 5.82 Å². The number of carbonyl (C=O) groups excluding carboxylic acids is 1. The van der Waals surface area contributed by atoms with E-state index in [2.05, 4.69) is 10.1 Å². The van der Waals surface area contributed by atoms with Crippen LogP contribution in [-0.2, 0) is 9.53 Å². The summed E-state index contributed by atoms with van der Waals surface area (Å²) in [5.41, 5.74) is -0.117. The Morgan fingerprint density at radius 3 is 2.65 bits per heavy atom. The molecule has 0 fully saturated rings. The molecule has 0 spiro atoms. The van der Waals surface area contributed by atoms with Crippen LogP contribution in [0.2, 0.25) is 0 Å². The minimum Gasteiger partial charge on any atom is -0.478 e. The van der Waals surface area contributed by atoms with Crippen LogP contribution in [-0.4, -0.2) is 30.2 Å². The minimum atomic E-state index is -1.36. The lowest BCUT2D eigenvalue weighted by molar-refractivity contribution is -0.141. The molecule has 0 radical (unpaired) electrons. The number of carbonyl (C=O) groups is 2. The first-order chi connectivity index (χ1) is 7.95. The van der Waals surface area contributed by atoms with E-state index in [-0.39, 0.29) is 0 Å². The van der Waals surface area contributed by atoms with Crippen LogP contribution >= 0.6 is 0 Å². The summed E-state index contributed by atoms with van der Waals surface area (Å²) in [7, 11) is 1.24. The van der Waals surface area contributed by atoms with Crippen molar-refractivity contribution in [3.8, 4) is 0 Å². The number of anilines is 1. The molecule has 0 saturated heterocycles. The second kappa shape index (κ2) is 5.29. The topological polar surface area (TPSA) is 75.6 Å². The minimum absolute atomic E-state index is 0.335. The summed E-state index contributed by atoms with van der Waals surface area (Å²) < 4.78 is 17.6. The molecule has 92 valence electrons. The van der Waals surface area contributed by atoms with E-state index in [0.29, 0.717) is 5.69 Å². The summed E-state index contributed by atoms with van der Waals surface area (Å²) in [5.74, 6) is -2.68. The van der Waals surface area contributed by atoms with Gasteiger partial charge in [-0.05, 0) is 25.1 Å². The molecule has 0 heterocycles. The maximum atomic E-state index is 13.1. The van der Waals surface area contributed by atoms with E-state index in [1.807, 2.05) is 0 Å². The number of aromatic carboxylic acids is 1. The predicted octanol–water partition coefficient (Wildman–Crippen LogP) is 1.50. The van der Waals surface area contributed by atoms with Gasteiger partial charge in [-0.15, -0.1) is 0 Å². The summed E-state index contributed by atoms with van der Waals surface area (Å²) in [6, 6.07) is 2.85. The second-order valence-corrected chi connectivity index (χ2v) is 3.39. The van der Waals surface area contributed by atoms with Crippen molar-refractivity contribution in [3.63, 3.8) is 0 Å². The number of hydrogen-bond acceptors (Lipinski definition) is 4. The Hall–Kier alpha value is -2.11. The number of esters is 1. The molecule has 0 aromatic heterocycles. The van der Waals surface area contributed by atoms with E-state index >= 15 is 0 Å². The maximum absolute atomic E-state index is 13.1. The van der Waals surface area contributed by atoms with E-state index in [0.717, 1.165) is 12.1 Å². The molecule has 6 heteroatoms. The average molecular weight is 241 g/mol. The predicted molar refractivity (Wildman–Crippen MR) is 58.5 cm³/mol. The third kappa shape index (κ3) is 3.17. The van der Waals surface area contributed by atoms with E-state index in [1.165, 1.54) is 13.2 Å². The standard InChI is InChI=1S/C11H12FNO4/c1-6(11(16)17-2)13-7-3-4-9(12)8(5-7)10(14)15/h3-6,13H,1-2H3,(H,14,15). The van der Waals surface area contributed by atoms with Crippen LogP contribution in [0.15, 0.2) is 18.2 Å². The lowest BCUT2D eigenvalue weighted by Crippen LogP contribution is -2.27. The van der Waals surface area contributed by atoms with E-state index in [4.69, 9.17) is 5.11 Å². The lowest BCUT2D eigenvalue weighted by Gasteiger charge is -2.13. The summed E-state index contributed by atoms with van der Waals surface area (Å²) in [4.78, 5) is 21.8. The van der Waals surface area contributed by atoms with Crippen molar-refractivity contribution < 1.29 is 23.8 Å². The fourth-order valence-electron chi connectivity index (χ4n) is 1.26. The molecule has 0 bridgehead atoms. The van der Waals surface area contributed by atoms with Gasteiger partial charge in [-0.1, -0.05) is 0 Å². The number of rotatable bonds is 4. The highest BCUT2D eigenvalue weighted by Crippen LogP contribution is 2.15. The van der Waals surface area contributed by atoms with Gasteiger partial charge >= 0.3 is 11.9 Å². The normalized spacial score (nSPS) is 11.7. The number of carboxylic acids is 1. The molecule has 1 aromatic rings. The number of hydrogen-bond donors (Lipinski definition) is 2. The van der Waals surface area contributed by atoms with Crippen molar-refractivity contribution in [2.24, 2.45) is 0 Å². The van der Waals surface area contributed by atoms with Crippen LogP contribution in [0.5, 0.6) is 0 Å². The molecule has 0 aliphatic rings. The molecule has 1 aromatic carbocycles. The highest BCUT2D eigenvalue weighted by Gasteiger charge is 2.15. The number of benzene rings is 1. The largest absolute Gasteiger partial charge is 0.478 e. The molecular formula is C11H12FNO4. The van der Waals surface area contributed by atoms with Crippen molar-refractivity contribution in [2.75, 3.05) is 12.4 Å². The Kier molecular flexibility index (Phi) is 4.03. The van der Waals surface area contributed by atoms with Gasteiger partial charge in [-0.2, -0.15) is 0 Å². The van der Waals surface area contributed by atoms with Gasteiger partial charge in [0, 0.05) is 5.69 Å². The van der Waals surface area contributed by atoms with Crippen LogP contribution in [0.25, 0.3) is 0 Å². The van der Waals surface area contributed by atoms with Gasteiger partial charge in [0.1, 0.15) is 11.9 Å². The average Bonchev–Trinajstić information content (AvgIpc) is 2.30. The lowest BCUT2D eigenvalue weighted by atomic mass is 10.1. The first-order valence-electron chi connectivity index (χ1n) is 4.83. The van der Waals surface area contributed by atoms with Crippen molar-refractivity contribution >= 4 is 17.6 Å². The smallest absolute Gasteiger partial charge is 0.338 e. The van der Waals surface area contributed by atoms with Crippen LogP contribution in [0.3, 0.4) is 0 Å². The van der Waals surface area contributed by atoms with Crippen molar-refractivity contribution in [2.45, 2.75) is 13.0 Å². The first kappa shape index (κ1) is 13.0. The number of halogens is 1. The molecule has 1 atom stereocenters. The van der Waals surface area contributed by atoms with E-state index in [1.54, 1.807) is 6.92 Å². The Morgan fingerprint density at radius 1 is 1.47 bits per heavy atom. The number of methoxy groups -OCH3 is 1. The fourth-order valence-corrected chi connectivity index (χ4v) is 1.26. The molecule has 1 unspecified atom stereocenters. The fraction of sp³-hybridized carbons (Fsp3) is 0.273. The van der Waals surface area contributed by atoms with Gasteiger partial charge in [-0.25, -0.2) is 14.0 Å². The summed E-state index contributed by atoms with van der Waals surface area (Å²) in [6.07, 6.45) is 0. The van der Waals surface area contributed by atoms with Gasteiger partial charge in [0.05, 0.1) is 12.7 Å². The molecular weight excluding hydrogens is 229 g/mol.